The SMILES string of the molecule is CC1CCC(CN)(N(C)C(=O)NC2CCCC2)CC1. The highest BCUT2D eigenvalue weighted by Crippen LogP contribution is 2.35. The van der Waals surface area contributed by atoms with Gasteiger partial charge in [-0.15, -0.1) is 0 Å². The molecule has 0 aromatic rings. The number of carbonyl (C=O) groups is 1. The van der Waals surface area contributed by atoms with E-state index in [0.29, 0.717) is 12.6 Å². The molecule has 0 spiro atoms. The lowest BCUT2D eigenvalue weighted by Crippen LogP contribution is -2.59. The number of amides is 2. The molecule has 2 saturated carbocycles. The molecule has 0 atom stereocenters. The van der Waals surface area contributed by atoms with Crippen molar-refractivity contribution in [3.63, 3.8) is 0 Å². The van der Waals surface area contributed by atoms with Crippen molar-refractivity contribution >= 4 is 6.03 Å². The van der Waals surface area contributed by atoms with E-state index in [9.17, 15) is 4.79 Å². The van der Waals surface area contributed by atoms with Crippen molar-refractivity contribution in [1.82, 2.24) is 10.2 Å². The number of nitrogens with one attached hydrogen (secondary N) is 1. The standard InChI is InChI=1S/C15H29N3O/c1-12-7-9-15(11-16,10-8-12)18(2)14(19)17-13-5-3-4-6-13/h12-13H,3-11,16H2,1-2H3,(H,17,19). The first-order chi connectivity index (χ1) is 9.07. The van der Waals surface area contributed by atoms with Gasteiger partial charge in [0.2, 0.25) is 0 Å². The third-order valence-corrected chi connectivity index (χ3v) is 5.28. The first-order valence-corrected chi connectivity index (χ1v) is 7.82. The Morgan fingerprint density at radius 2 is 1.84 bits per heavy atom. The number of nitrogens with zero attached hydrogens (tertiary/aromatic N) is 1. The number of hydrogen-bond acceptors (Lipinski definition) is 2. The molecule has 19 heavy (non-hydrogen) atoms. The smallest absolute Gasteiger partial charge is 0.317 e. The maximum absolute atomic E-state index is 12.4. The highest BCUT2D eigenvalue weighted by molar-refractivity contribution is 5.75. The van der Waals surface area contributed by atoms with Crippen LogP contribution in [0.3, 0.4) is 0 Å². The van der Waals surface area contributed by atoms with Crippen molar-refractivity contribution in [3.8, 4) is 0 Å². The Morgan fingerprint density at radius 3 is 2.37 bits per heavy atom. The van der Waals surface area contributed by atoms with Crippen LogP contribution in [0.15, 0.2) is 0 Å². The fraction of sp³-hybridized carbons (Fsp3) is 0.933. The van der Waals surface area contributed by atoms with Crippen LogP contribution in [0.4, 0.5) is 4.79 Å². The molecule has 0 aromatic carbocycles. The molecule has 2 amide bonds. The third kappa shape index (κ3) is 3.22. The minimum absolute atomic E-state index is 0.0758. The monoisotopic (exact) mass is 267 g/mol. The first-order valence-electron chi connectivity index (χ1n) is 7.82. The second-order valence-corrected chi connectivity index (χ2v) is 6.60. The van der Waals surface area contributed by atoms with Gasteiger partial charge in [-0.3, -0.25) is 0 Å². The predicted octanol–water partition coefficient (Wildman–Crippen LogP) is 2.48. The average Bonchev–Trinajstić information content (AvgIpc) is 2.92. The predicted molar refractivity (Wildman–Crippen MR) is 78.0 cm³/mol. The van der Waals surface area contributed by atoms with Gasteiger partial charge in [0.1, 0.15) is 0 Å². The largest absolute Gasteiger partial charge is 0.335 e. The van der Waals surface area contributed by atoms with Crippen LogP contribution < -0.4 is 11.1 Å². The Balaban J connectivity index is 1.95. The molecule has 2 rings (SSSR count). The molecule has 0 heterocycles. The fourth-order valence-electron chi connectivity index (χ4n) is 3.53. The Labute approximate surface area is 117 Å². The summed E-state index contributed by atoms with van der Waals surface area (Å²) in [6.07, 6.45) is 9.19. The molecule has 0 saturated heterocycles. The quantitative estimate of drug-likeness (QED) is 0.825. The van der Waals surface area contributed by atoms with Crippen LogP contribution in [0.5, 0.6) is 0 Å². The van der Waals surface area contributed by atoms with Crippen molar-refractivity contribution in [2.24, 2.45) is 11.7 Å². The van der Waals surface area contributed by atoms with Gasteiger partial charge in [-0.25, -0.2) is 4.79 Å². The molecule has 4 heteroatoms. The third-order valence-electron chi connectivity index (χ3n) is 5.28. The average molecular weight is 267 g/mol. The van der Waals surface area contributed by atoms with Crippen LogP contribution in [-0.2, 0) is 0 Å². The lowest BCUT2D eigenvalue weighted by atomic mass is 9.76. The van der Waals surface area contributed by atoms with E-state index < -0.39 is 0 Å². The second kappa shape index (κ2) is 6.12. The molecular weight excluding hydrogens is 238 g/mol. The van der Waals surface area contributed by atoms with Crippen molar-refractivity contribution < 1.29 is 4.79 Å². The molecule has 0 radical (unpaired) electrons. The number of rotatable bonds is 3. The molecule has 0 aliphatic heterocycles. The van der Waals surface area contributed by atoms with Gasteiger partial charge < -0.3 is 16.0 Å². The zero-order valence-corrected chi connectivity index (χ0v) is 12.5. The van der Waals surface area contributed by atoms with Crippen LogP contribution in [-0.4, -0.2) is 36.1 Å². The highest BCUT2D eigenvalue weighted by atomic mass is 16.2. The summed E-state index contributed by atoms with van der Waals surface area (Å²) in [5, 5.41) is 3.18. The van der Waals surface area contributed by atoms with Gasteiger partial charge in [-0.1, -0.05) is 19.8 Å². The van der Waals surface area contributed by atoms with E-state index in [4.69, 9.17) is 5.73 Å². The van der Waals surface area contributed by atoms with Crippen molar-refractivity contribution in [2.45, 2.75) is 69.9 Å². The summed E-state index contributed by atoms with van der Waals surface area (Å²) < 4.78 is 0. The topological polar surface area (TPSA) is 58.4 Å². The van der Waals surface area contributed by atoms with Crippen LogP contribution >= 0.6 is 0 Å². The van der Waals surface area contributed by atoms with E-state index in [-0.39, 0.29) is 11.6 Å². The van der Waals surface area contributed by atoms with Gasteiger partial charge in [0.15, 0.2) is 0 Å². The summed E-state index contributed by atoms with van der Waals surface area (Å²) in [5.41, 5.74) is 5.89. The van der Waals surface area contributed by atoms with E-state index in [1.807, 2.05) is 11.9 Å². The van der Waals surface area contributed by atoms with Gasteiger partial charge >= 0.3 is 6.03 Å². The number of carbonyl (C=O) groups excluding carboxylic acids is 1. The molecule has 4 nitrogen and oxygen atoms in total. The van der Waals surface area contributed by atoms with Gasteiger partial charge in [0.05, 0.1) is 5.54 Å². The fourth-order valence-corrected chi connectivity index (χ4v) is 3.53. The summed E-state index contributed by atoms with van der Waals surface area (Å²) >= 11 is 0. The molecule has 2 aliphatic rings. The second-order valence-electron chi connectivity index (χ2n) is 6.60. The van der Waals surface area contributed by atoms with Crippen molar-refractivity contribution in [1.29, 1.82) is 0 Å². The van der Waals surface area contributed by atoms with Gasteiger partial charge in [0.25, 0.3) is 0 Å². The van der Waals surface area contributed by atoms with E-state index >= 15 is 0 Å². The van der Waals surface area contributed by atoms with Gasteiger partial charge in [0, 0.05) is 19.6 Å². The number of nitrogens with two attached hydrogens (primary N) is 1. The Kier molecular flexibility index (Phi) is 4.71. The van der Waals surface area contributed by atoms with E-state index in [1.165, 1.54) is 25.7 Å². The number of urea groups is 1. The van der Waals surface area contributed by atoms with Crippen molar-refractivity contribution in [2.75, 3.05) is 13.6 Å². The molecular formula is C15H29N3O. The molecule has 0 aromatic heterocycles. The molecule has 110 valence electrons. The Bertz CT molecular complexity index is 305. The maximum Gasteiger partial charge on any atom is 0.317 e. The number of likely N-dealkylation sites (N-methyl/N-ethyl adjacent to an activating group) is 1. The lowest BCUT2D eigenvalue weighted by molar-refractivity contribution is 0.0885. The van der Waals surface area contributed by atoms with Crippen LogP contribution in [0.2, 0.25) is 0 Å². The Morgan fingerprint density at radius 1 is 1.26 bits per heavy atom. The molecule has 2 fully saturated rings. The zero-order valence-electron chi connectivity index (χ0n) is 12.5. The minimum atomic E-state index is -0.116. The Hall–Kier alpha value is -0.770. The normalized spacial score (nSPS) is 32.3. The summed E-state index contributed by atoms with van der Waals surface area (Å²) in [4.78, 5) is 14.3. The van der Waals surface area contributed by atoms with Gasteiger partial charge in [-0.2, -0.15) is 0 Å². The highest BCUT2D eigenvalue weighted by Gasteiger charge is 2.39. The van der Waals surface area contributed by atoms with Crippen LogP contribution in [0.1, 0.15) is 58.3 Å². The van der Waals surface area contributed by atoms with E-state index in [0.717, 1.165) is 31.6 Å². The lowest BCUT2D eigenvalue weighted by Gasteiger charge is -2.45. The van der Waals surface area contributed by atoms with E-state index in [2.05, 4.69) is 12.2 Å². The molecule has 2 aliphatic carbocycles. The van der Waals surface area contributed by atoms with Crippen LogP contribution in [0, 0.1) is 5.92 Å². The molecule has 3 N–H and O–H groups in total. The van der Waals surface area contributed by atoms with Crippen molar-refractivity contribution in [3.05, 3.63) is 0 Å². The minimum Gasteiger partial charge on any atom is -0.335 e. The summed E-state index contributed by atoms with van der Waals surface area (Å²) in [6, 6.07) is 0.458. The molecule has 0 bridgehead atoms. The maximum atomic E-state index is 12.4. The zero-order chi connectivity index (χ0) is 13.9. The molecule has 0 unspecified atom stereocenters. The number of hydrogen-bond donors (Lipinski definition) is 2. The summed E-state index contributed by atoms with van der Waals surface area (Å²) in [6.45, 7) is 2.87. The van der Waals surface area contributed by atoms with Crippen LogP contribution in [0.25, 0.3) is 0 Å². The first kappa shape index (κ1) is 14.6. The summed E-state index contributed by atoms with van der Waals surface area (Å²) in [5.74, 6) is 0.769. The van der Waals surface area contributed by atoms with Gasteiger partial charge in [-0.05, 0) is 44.4 Å². The summed E-state index contributed by atoms with van der Waals surface area (Å²) in [7, 11) is 1.92. The van der Waals surface area contributed by atoms with E-state index in [1.54, 1.807) is 0 Å².